The van der Waals surface area contributed by atoms with E-state index in [1.54, 1.807) is 23.9 Å². The van der Waals surface area contributed by atoms with E-state index in [4.69, 9.17) is 4.42 Å². The number of hydrogen-bond acceptors (Lipinski definition) is 6. The zero-order chi connectivity index (χ0) is 14.9. The van der Waals surface area contributed by atoms with E-state index in [9.17, 15) is 0 Å². The van der Waals surface area contributed by atoms with Gasteiger partial charge < -0.3 is 9.73 Å². The standard InChI is InChI=1S/C16H18N4OS/c1-2-17-15-14-12-5-6-20(8-11-4-3-7-21-11)9-13(12)22-16(14)19-10-18-15/h3-4,7,10H,2,5-6,8-9H2,1H3,(H,17,18,19). The third kappa shape index (κ3) is 2.38. The van der Waals surface area contributed by atoms with E-state index in [2.05, 4.69) is 27.1 Å². The van der Waals surface area contributed by atoms with Crippen molar-refractivity contribution in [1.82, 2.24) is 14.9 Å². The lowest BCUT2D eigenvalue weighted by molar-refractivity contribution is 0.229. The SMILES string of the molecule is CCNc1ncnc2sc3c(c12)CCN(Cc1ccco1)C3. The van der Waals surface area contributed by atoms with Gasteiger partial charge in [0.1, 0.15) is 22.7 Å². The first-order valence-corrected chi connectivity index (χ1v) is 8.40. The van der Waals surface area contributed by atoms with Crippen LogP contribution in [-0.2, 0) is 19.5 Å². The van der Waals surface area contributed by atoms with Gasteiger partial charge in [-0.05, 0) is 31.0 Å². The molecule has 0 aliphatic carbocycles. The number of anilines is 1. The predicted molar refractivity (Wildman–Crippen MR) is 88.1 cm³/mol. The molecule has 4 heterocycles. The zero-order valence-electron chi connectivity index (χ0n) is 12.5. The molecule has 0 radical (unpaired) electrons. The summed E-state index contributed by atoms with van der Waals surface area (Å²) in [6.07, 6.45) is 4.44. The summed E-state index contributed by atoms with van der Waals surface area (Å²) in [5.41, 5.74) is 1.42. The van der Waals surface area contributed by atoms with E-state index < -0.39 is 0 Å². The fourth-order valence-corrected chi connectivity index (χ4v) is 4.27. The molecular weight excluding hydrogens is 296 g/mol. The molecule has 5 nitrogen and oxygen atoms in total. The maximum atomic E-state index is 5.46. The van der Waals surface area contributed by atoms with Gasteiger partial charge in [0.2, 0.25) is 0 Å². The minimum absolute atomic E-state index is 0.867. The molecule has 3 aromatic heterocycles. The molecule has 0 unspecified atom stereocenters. The van der Waals surface area contributed by atoms with Gasteiger partial charge in [0.05, 0.1) is 18.2 Å². The Bertz CT molecular complexity index is 781. The number of furan rings is 1. The molecule has 1 aliphatic rings. The molecule has 1 aliphatic heterocycles. The van der Waals surface area contributed by atoms with E-state index in [0.29, 0.717) is 0 Å². The Kier molecular flexibility index (Phi) is 3.56. The number of rotatable bonds is 4. The van der Waals surface area contributed by atoms with Gasteiger partial charge in [-0.1, -0.05) is 0 Å². The van der Waals surface area contributed by atoms with E-state index in [1.165, 1.54) is 15.8 Å². The summed E-state index contributed by atoms with van der Waals surface area (Å²) in [7, 11) is 0. The van der Waals surface area contributed by atoms with Crippen LogP contribution in [0.1, 0.15) is 23.1 Å². The maximum absolute atomic E-state index is 5.46. The van der Waals surface area contributed by atoms with Gasteiger partial charge in [-0.3, -0.25) is 4.90 Å². The van der Waals surface area contributed by atoms with Crippen LogP contribution in [0.3, 0.4) is 0 Å². The maximum Gasteiger partial charge on any atom is 0.138 e. The van der Waals surface area contributed by atoms with Crippen LogP contribution in [0.4, 0.5) is 5.82 Å². The van der Waals surface area contributed by atoms with Crippen molar-refractivity contribution in [2.75, 3.05) is 18.4 Å². The van der Waals surface area contributed by atoms with Crippen LogP contribution >= 0.6 is 11.3 Å². The average Bonchev–Trinajstić information content (AvgIpc) is 3.14. The summed E-state index contributed by atoms with van der Waals surface area (Å²) in [5, 5.41) is 4.59. The minimum atomic E-state index is 0.867. The van der Waals surface area contributed by atoms with E-state index in [1.807, 2.05) is 12.1 Å². The Hall–Kier alpha value is -1.92. The van der Waals surface area contributed by atoms with Crippen molar-refractivity contribution < 1.29 is 4.42 Å². The number of fused-ring (bicyclic) bond motifs is 3. The molecule has 0 saturated carbocycles. The van der Waals surface area contributed by atoms with Gasteiger partial charge in [-0.25, -0.2) is 9.97 Å². The summed E-state index contributed by atoms with van der Waals surface area (Å²) >= 11 is 1.79. The summed E-state index contributed by atoms with van der Waals surface area (Å²) in [4.78, 5) is 13.8. The van der Waals surface area contributed by atoms with Crippen LogP contribution in [0, 0.1) is 0 Å². The highest BCUT2D eigenvalue weighted by Crippen LogP contribution is 2.37. The highest BCUT2D eigenvalue weighted by Gasteiger charge is 2.24. The van der Waals surface area contributed by atoms with Crippen LogP contribution in [-0.4, -0.2) is 28.0 Å². The number of thiophene rings is 1. The smallest absolute Gasteiger partial charge is 0.138 e. The summed E-state index contributed by atoms with van der Waals surface area (Å²) < 4.78 is 5.46. The third-order valence-electron chi connectivity index (χ3n) is 4.02. The third-order valence-corrected chi connectivity index (χ3v) is 5.14. The number of nitrogens with zero attached hydrogens (tertiary/aromatic N) is 3. The van der Waals surface area contributed by atoms with Gasteiger partial charge in [0, 0.05) is 24.5 Å². The molecule has 114 valence electrons. The topological polar surface area (TPSA) is 54.2 Å². The number of hydrogen-bond donors (Lipinski definition) is 1. The predicted octanol–water partition coefficient (Wildman–Crippen LogP) is 3.27. The van der Waals surface area contributed by atoms with E-state index in [-0.39, 0.29) is 0 Å². The van der Waals surface area contributed by atoms with Crippen LogP contribution < -0.4 is 5.32 Å². The second-order valence-electron chi connectivity index (χ2n) is 5.48. The van der Waals surface area contributed by atoms with Gasteiger partial charge in [-0.2, -0.15) is 0 Å². The van der Waals surface area contributed by atoms with Crippen LogP contribution in [0.15, 0.2) is 29.1 Å². The van der Waals surface area contributed by atoms with Crippen molar-refractivity contribution in [3.8, 4) is 0 Å². The van der Waals surface area contributed by atoms with Crippen molar-refractivity contribution in [1.29, 1.82) is 0 Å². The fraction of sp³-hybridized carbons (Fsp3) is 0.375. The second kappa shape index (κ2) is 5.70. The Morgan fingerprint density at radius 2 is 2.36 bits per heavy atom. The first-order valence-electron chi connectivity index (χ1n) is 7.59. The second-order valence-corrected chi connectivity index (χ2v) is 6.56. The van der Waals surface area contributed by atoms with Crippen LogP contribution in [0.5, 0.6) is 0 Å². The van der Waals surface area contributed by atoms with Crippen molar-refractivity contribution in [3.63, 3.8) is 0 Å². The summed E-state index contributed by atoms with van der Waals surface area (Å²) in [6, 6.07) is 3.98. The Balaban J connectivity index is 1.65. The molecule has 4 rings (SSSR count). The molecule has 1 N–H and O–H groups in total. The first-order chi connectivity index (χ1) is 10.8. The van der Waals surface area contributed by atoms with Crippen LogP contribution in [0.25, 0.3) is 10.2 Å². The zero-order valence-corrected chi connectivity index (χ0v) is 13.3. The normalized spacial score (nSPS) is 15.1. The van der Waals surface area contributed by atoms with Crippen molar-refractivity contribution in [3.05, 3.63) is 40.9 Å². The Labute approximate surface area is 133 Å². The summed E-state index contributed by atoms with van der Waals surface area (Å²) in [6.45, 7) is 5.84. The molecule has 0 atom stereocenters. The molecule has 0 saturated heterocycles. The Morgan fingerprint density at radius 1 is 1.41 bits per heavy atom. The average molecular weight is 314 g/mol. The van der Waals surface area contributed by atoms with Crippen molar-refractivity contribution in [2.24, 2.45) is 0 Å². The lowest BCUT2D eigenvalue weighted by Crippen LogP contribution is -2.29. The monoisotopic (exact) mass is 314 g/mol. The van der Waals surface area contributed by atoms with Crippen molar-refractivity contribution >= 4 is 27.4 Å². The van der Waals surface area contributed by atoms with Gasteiger partial charge in [-0.15, -0.1) is 11.3 Å². The first kappa shape index (κ1) is 13.7. The molecule has 22 heavy (non-hydrogen) atoms. The molecule has 0 fully saturated rings. The molecule has 0 bridgehead atoms. The van der Waals surface area contributed by atoms with Crippen LogP contribution in [0.2, 0.25) is 0 Å². The molecule has 0 amide bonds. The van der Waals surface area contributed by atoms with Gasteiger partial charge >= 0.3 is 0 Å². The lowest BCUT2D eigenvalue weighted by atomic mass is 10.0. The lowest BCUT2D eigenvalue weighted by Gasteiger charge is -2.25. The molecule has 6 heteroatoms. The van der Waals surface area contributed by atoms with Gasteiger partial charge in [0.15, 0.2) is 0 Å². The highest BCUT2D eigenvalue weighted by molar-refractivity contribution is 7.18. The quantitative estimate of drug-likeness (QED) is 0.801. The van der Waals surface area contributed by atoms with Crippen molar-refractivity contribution in [2.45, 2.75) is 26.4 Å². The highest BCUT2D eigenvalue weighted by atomic mass is 32.1. The molecular formula is C16H18N4OS. The van der Waals surface area contributed by atoms with E-state index >= 15 is 0 Å². The number of aromatic nitrogens is 2. The minimum Gasteiger partial charge on any atom is -0.468 e. The summed E-state index contributed by atoms with van der Waals surface area (Å²) in [5.74, 6) is 2.00. The molecule has 0 aromatic carbocycles. The molecule has 0 spiro atoms. The molecule has 3 aromatic rings. The van der Waals surface area contributed by atoms with E-state index in [0.717, 1.165) is 49.0 Å². The largest absolute Gasteiger partial charge is 0.468 e. The van der Waals surface area contributed by atoms with Gasteiger partial charge in [0.25, 0.3) is 0 Å². The Morgan fingerprint density at radius 3 is 3.18 bits per heavy atom. The fourth-order valence-electron chi connectivity index (χ4n) is 3.04. The number of nitrogens with one attached hydrogen (secondary N) is 1.